The van der Waals surface area contributed by atoms with Gasteiger partial charge in [-0.05, 0) is 34.9 Å². The highest BCUT2D eigenvalue weighted by molar-refractivity contribution is 6.01. The Kier molecular flexibility index (Phi) is 3.11. The Morgan fingerprint density at radius 1 is 1.29 bits per heavy atom. The minimum Gasteiger partial charge on any atom is -0.294 e. The van der Waals surface area contributed by atoms with E-state index < -0.39 is 0 Å². The highest BCUT2D eigenvalue weighted by atomic mass is 16.1. The van der Waals surface area contributed by atoms with Crippen LogP contribution in [-0.2, 0) is 5.41 Å². The first kappa shape index (κ1) is 12.3. The summed E-state index contributed by atoms with van der Waals surface area (Å²) >= 11 is 0. The lowest BCUT2D eigenvalue weighted by molar-refractivity contribution is 0.0988. The van der Waals surface area contributed by atoms with Gasteiger partial charge in [0, 0.05) is 12.0 Å². The maximum absolute atomic E-state index is 12.0. The Balaban J connectivity index is 2.41. The van der Waals surface area contributed by atoms with E-state index in [1.165, 1.54) is 11.1 Å². The molecule has 0 amide bonds. The smallest absolute Gasteiger partial charge is 0.163 e. The monoisotopic (exact) mass is 230 g/mol. The van der Waals surface area contributed by atoms with Crippen molar-refractivity contribution in [3.05, 3.63) is 34.9 Å². The molecule has 0 fully saturated rings. The van der Waals surface area contributed by atoms with E-state index in [2.05, 4.69) is 45.9 Å². The molecule has 0 bridgehead atoms. The van der Waals surface area contributed by atoms with Crippen LogP contribution in [0.1, 0.15) is 74.4 Å². The Morgan fingerprint density at radius 2 is 2.00 bits per heavy atom. The Labute approximate surface area is 104 Å². The molecule has 0 aliphatic heterocycles. The van der Waals surface area contributed by atoms with Crippen LogP contribution in [0, 0.1) is 0 Å². The lowest BCUT2D eigenvalue weighted by Crippen LogP contribution is -2.11. The van der Waals surface area contributed by atoms with Gasteiger partial charge in [0.1, 0.15) is 0 Å². The van der Waals surface area contributed by atoms with Crippen molar-refractivity contribution < 1.29 is 4.79 Å². The Morgan fingerprint density at radius 3 is 2.59 bits per heavy atom. The molecule has 17 heavy (non-hydrogen) atoms. The van der Waals surface area contributed by atoms with Gasteiger partial charge in [-0.3, -0.25) is 4.79 Å². The highest BCUT2D eigenvalue weighted by Gasteiger charge is 2.29. The van der Waals surface area contributed by atoms with Gasteiger partial charge >= 0.3 is 0 Å². The number of rotatable bonds is 2. The molecule has 1 unspecified atom stereocenters. The SMILES string of the molecule is CCCC1CC(=O)c2cc(C(C)(C)C)ccc21. The lowest BCUT2D eigenvalue weighted by atomic mass is 9.85. The lowest BCUT2D eigenvalue weighted by Gasteiger charge is -2.20. The van der Waals surface area contributed by atoms with Gasteiger partial charge in [-0.2, -0.15) is 0 Å². The fourth-order valence-corrected chi connectivity index (χ4v) is 2.67. The molecule has 1 atom stereocenters. The third-order valence-electron chi connectivity index (χ3n) is 3.73. The minimum absolute atomic E-state index is 0.123. The predicted octanol–water partition coefficient (Wildman–Crippen LogP) is 4.45. The standard InChI is InChI=1S/C16H22O/c1-5-6-11-9-15(17)14-10-12(16(2,3)4)7-8-13(11)14/h7-8,10-11H,5-6,9H2,1-4H3. The van der Waals surface area contributed by atoms with Crippen LogP contribution in [0.5, 0.6) is 0 Å². The van der Waals surface area contributed by atoms with Crippen LogP contribution in [0.25, 0.3) is 0 Å². The van der Waals surface area contributed by atoms with Gasteiger partial charge in [-0.25, -0.2) is 0 Å². The van der Waals surface area contributed by atoms with E-state index in [9.17, 15) is 4.79 Å². The van der Waals surface area contributed by atoms with Crippen LogP contribution in [0.3, 0.4) is 0 Å². The molecule has 0 N–H and O–H groups in total. The third-order valence-corrected chi connectivity index (χ3v) is 3.73. The molecule has 1 aromatic carbocycles. The summed E-state index contributed by atoms with van der Waals surface area (Å²) in [5.41, 5.74) is 3.65. The molecule has 1 aliphatic rings. The van der Waals surface area contributed by atoms with Crippen LogP contribution in [0.15, 0.2) is 18.2 Å². The van der Waals surface area contributed by atoms with Gasteiger partial charge in [0.2, 0.25) is 0 Å². The molecule has 0 radical (unpaired) electrons. The molecule has 92 valence electrons. The number of carbonyl (C=O) groups excluding carboxylic acids is 1. The first-order valence-corrected chi connectivity index (χ1v) is 6.61. The molecule has 1 aromatic rings. The predicted molar refractivity (Wildman–Crippen MR) is 71.7 cm³/mol. The van der Waals surface area contributed by atoms with Crippen molar-refractivity contribution >= 4 is 5.78 Å². The summed E-state index contributed by atoms with van der Waals surface area (Å²) < 4.78 is 0. The molecule has 0 spiro atoms. The van der Waals surface area contributed by atoms with Gasteiger partial charge in [-0.15, -0.1) is 0 Å². The van der Waals surface area contributed by atoms with E-state index in [1.54, 1.807) is 0 Å². The summed E-state index contributed by atoms with van der Waals surface area (Å²) in [6, 6.07) is 6.49. The quantitative estimate of drug-likeness (QED) is 0.733. The highest BCUT2D eigenvalue weighted by Crippen LogP contribution is 2.38. The zero-order chi connectivity index (χ0) is 12.6. The van der Waals surface area contributed by atoms with Gasteiger partial charge in [0.25, 0.3) is 0 Å². The molecular formula is C16H22O. The average molecular weight is 230 g/mol. The summed E-state index contributed by atoms with van der Waals surface area (Å²) in [6.07, 6.45) is 3.00. The number of carbonyl (C=O) groups is 1. The number of benzene rings is 1. The fourth-order valence-electron chi connectivity index (χ4n) is 2.67. The normalized spacial score (nSPS) is 19.5. The first-order chi connectivity index (χ1) is 7.93. The molecule has 1 aliphatic carbocycles. The summed E-state index contributed by atoms with van der Waals surface area (Å²) in [5.74, 6) is 0.807. The Bertz CT molecular complexity index is 437. The number of hydrogen-bond acceptors (Lipinski definition) is 1. The van der Waals surface area contributed by atoms with Gasteiger partial charge in [0.15, 0.2) is 5.78 Å². The van der Waals surface area contributed by atoms with Gasteiger partial charge < -0.3 is 0 Å². The first-order valence-electron chi connectivity index (χ1n) is 6.61. The van der Waals surface area contributed by atoms with Crippen molar-refractivity contribution in [1.29, 1.82) is 0 Å². The van der Waals surface area contributed by atoms with Crippen molar-refractivity contribution in [1.82, 2.24) is 0 Å². The van der Waals surface area contributed by atoms with E-state index in [4.69, 9.17) is 0 Å². The van der Waals surface area contributed by atoms with Crippen molar-refractivity contribution in [3.63, 3.8) is 0 Å². The topological polar surface area (TPSA) is 17.1 Å². The van der Waals surface area contributed by atoms with Crippen molar-refractivity contribution in [2.45, 2.75) is 58.3 Å². The minimum atomic E-state index is 0.123. The summed E-state index contributed by atoms with van der Waals surface area (Å²) in [6.45, 7) is 8.76. The van der Waals surface area contributed by atoms with Crippen LogP contribution < -0.4 is 0 Å². The molecule has 2 rings (SSSR count). The number of hydrogen-bond donors (Lipinski definition) is 0. The van der Waals surface area contributed by atoms with E-state index in [1.807, 2.05) is 0 Å². The van der Waals surface area contributed by atoms with Crippen molar-refractivity contribution in [3.8, 4) is 0 Å². The van der Waals surface area contributed by atoms with E-state index in [0.717, 1.165) is 24.8 Å². The van der Waals surface area contributed by atoms with Crippen LogP contribution in [0.4, 0.5) is 0 Å². The second kappa shape index (κ2) is 4.29. The molecule has 1 nitrogen and oxygen atoms in total. The molecular weight excluding hydrogens is 208 g/mol. The second-order valence-electron chi connectivity index (χ2n) is 6.16. The molecule has 0 aromatic heterocycles. The summed E-state index contributed by atoms with van der Waals surface area (Å²) in [4.78, 5) is 12.0. The zero-order valence-electron chi connectivity index (χ0n) is 11.3. The van der Waals surface area contributed by atoms with Crippen molar-refractivity contribution in [2.75, 3.05) is 0 Å². The van der Waals surface area contributed by atoms with Crippen LogP contribution >= 0.6 is 0 Å². The summed E-state index contributed by atoms with van der Waals surface area (Å²) in [5, 5.41) is 0. The number of Topliss-reactive ketones (excluding diaryl/α,β-unsaturated/α-hetero) is 1. The Hall–Kier alpha value is -1.11. The molecule has 0 saturated heterocycles. The fraction of sp³-hybridized carbons (Fsp3) is 0.562. The zero-order valence-corrected chi connectivity index (χ0v) is 11.3. The third kappa shape index (κ3) is 2.29. The summed E-state index contributed by atoms with van der Waals surface area (Å²) in [7, 11) is 0. The van der Waals surface area contributed by atoms with Crippen LogP contribution in [0.2, 0.25) is 0 Å². The largest absolute Gasteiger partial charge is 0.294 e. The molecule has 1 heteroatoms. The van der Waals surface area contributed by atoms with E-state index >= 15 is 0 Å². The number of fused-ring (bicyclic) bond motifs is 1. The van der Waals surface area contributed by atoms with Gasteiger partial charge in [0.05, 0.1) is 0 Å². The van der Waals surface area contributed by atoms with Crippen LogP contribution in [-0.4, -0.2) is 5.78 Å². The van der Waals surface area contributed by atoms with Crippen molar-refractivity contribution in [2.24, 2.45) is 0 Å². The average Bonchev–Trinajstić information content (AvgIpc) is 2.55. The maximum Gasteiger partial charge on any atom is 0.163 e. The molecule has 0 heterocycles. The van der Waals surface area contributed by atoms with Gasteiger partial charge in [-0.1, -0.05) is 46.2 Å². The van der Waals surface area contributed by atoms with E-state index in [-0.39, 0.29) is 5.41 Å². The maximum atomic E-state index is 12.0. The number of ketones is 1. The molecule has 0 saturated carbocycles. The van der Waals surface area contributed by atoms with E-state index in [0.29, 0.717) is 11.7 Å². The second-order valence-corrected chi connectivity index (χ2v) is 6.16.